The fourth-order valence-electron chi connectivity index (χ4n) is 1.30. The van der Waals surface area contributed by atoms with E-state index >= 15 is 0 Å². The lowest BCUT2D eigenvalue weighted by Crippen LogP contribution is -2.19. The van der Waals surface area contributed by atoms with Crippen molar-refractivity contribution in [2.45, 2.75) is 44.7 Å². The van der Waals surface area contributed by atoms with Gasteiger partial charge < -0.3 is 4.57 Å². The molecule has 0 saturated carbocycles. The summed E-state index contributed by atoms with van der Waals surface area (Å²) in [5.41, 5.74) is 0. The van der Waals surface area contributed by atoms with E-state index in [9.17, 15) is 8.42 Å². The van der Waals surface area contributed by atoms with Crippen LogP contribution in [-0.4, -0.2) is 23.2 Å². The van der Waals surface area contributed by atoms with Gasteiger partial charge in [0.2, 0.25) is 0 Å². The van der Waals surface area contributed by atoms with Crippen molar-refractivity contribution >= 4 is 25.8 Å². The summed E-state index contributed by atoms with van der Waals surface area (Å²) in [6.07, 6.45) is 1.82. The molecule has 16 heavy (non-hydrogen) atoms. The SMILES string of the molecule is CC(C)n1cc(Br)nc1CS(=O)(=O)C(C)C. The molecule has 0 aliphatic heterocycles. The summed E-state index contributed by atoms with van der Waals surface area (Å²) in [5.74, 6) is 0.588. The molecule has 1 rings (SSSR count). The molecule has 92 valence electrons. The van der Waals surface area contributed by atoms with Gasteiger partial charge in [-0.3, -0.25) is 0 Å². The summed E-state index contributed by atoms with van der Waals surface area (Å²) < 4.78 is 26.2. The molecule has 1 aromatic heterocycles. The van der Waals surface area contributed by atoms with Crippen molar-refractivity contribution < 1.29 is 8.42 Å². The van der Waals surface area contributed by atoms with Crippen LogP contribution in [0.5, 0.6) is 0 Å². The average Bonchev–Trinajstić information content (AvgIpc) is 2.45. The van der Waals surface area contributed by atoms with Gasteiger partial charge in [-0.1, -0.05) is 0 Å². The van der Waals surface area contributed by atoms with E-state index in [1.54, 1.807) is 13.8 Å². The lowest BCUT2D eigenvalue weighted by Gasteiger charge is -2.12. The molecule has 4 nitrogen and oxygen atoms in total. The summed E-state index contributed by atoms with van der Waals surface area (Å²) in [6, 6.07) is 0.205. The van der Waals surface area contributed by atoms with Gasteiger partial charge in [-0.2, -0.15) is 0 Å². The number of halogens is 1. The van der Waals surface area contributed by atoms with Crippen molar-refractivity contribution in [1.29, 1.82) is 0 Å². The first-order chi connectivity index (χ1) is 7.24. The maximum atomic E-state index is 11.8. The Bertz CT molecular complexity index is 463. The largest absolute Gasteiger partial charge is 0.330 e. The van der Waals surface area contributed by atoms with E-state index in [-0.39, 0.29) is 17.0 Å². The molecule has 0 saturated heterocycles. The molecule has 6 heteroatoms. The van der Waals surface area contributed by atoms with Gasteiger partial charge in [-0.05, 0) is 43.6 Å². The van der Waals surface area contributed by atoms with Gasteiger partial charge in [0.25, 0.3) is 0 Å². The second-order valence-corrected chi connectivity index (χ2v) is 7.71. The molecule has 0 radical (unpaired) electrons. The molecule has 0 amide bonds. The Hall–Kier alpha value is -0.360. The third-order valence-corrected chi connectivity index (χ3v) is 4.86. The van der Waals surface area contributed by atoms with Crippen LogP contribution in [-0.2, 0) is 15.6 Å². The number of rotatable bonds is 4. The fraction of sp³-hybridized carbons (Fsp3) is 0.700. The topological polar surface area (TPSA) is 52.0 Å². The van der Waals surface area contributed by atoms with Crippen LogP contribution in [0.25, 0.3) is 0 Å². The van der Waals surface area contributed by atoms with Crippen molar-refractivity contribution in [1.82, 2.24) is 9.55 Å². The molecule has 1 heterocycles. The molecular formula is C10H17BrN2O2S. The number of hydrogen-bond acceptors (Lipinski definition) is 3. The number of imidazole rings is 1. The Balaban J connectivity index is 3.06. The first kappa shape index (κ1) is 13.7. The van der Waals surface area contributed by atoms with Gasteiger partial charge in [0.05, 0.1) is 5.25 Å². The van der Waals surface area contributed by atoms with Crippen LogP contribution >= 0.6 is 15.9 Å². The minimum absolute atomic E-state index is 0.00551. The third-order valence-electron chi connectivity index (χ3n) is 2.38. The van der Waals surface area contributed by atoms with Crippen molar-refractivity contribution in [3.63, 3.8) is 0 Å². The van der Waals surface area contributed by atoms with Crippen LogP contribution in [0.4, 0.5) is 0 Å². The molecule has 0 N–H and O–H groups in total. The quantitative estimate of drug-likeness (QED) is 0.859. The average molecular weight is 309 g/mol. The van der Waals surface area contributed by atoms with Crippen LogP contribution in [0.2, 0.25) is 0 Å². The van der Waals surface area contributed by atoms with Crippen LogP contribution in [0.1, 0.15) is 39.6 Å². The Kier molecular flexibility index (Phi) is 4.17. The summed E-state index contributed by atoms with van der Waals surface area (Å²) >= 11 is 3.27. The first-order valence-corrected chi connectivity index (χ1v) is 7.69. The summed E-state index contributed by atoms with van der Waals surface area (Å²) in [6.45, 7) is 7.37. The Labute approximate surface area is 105 Å². The second kappa shape index (κ2) is 4.87. The third kappa shape index (κ3) is 3.07. The van der Waals surface area contributed by atoms with E-state index in [0.717, 1.165) is 0 Å². The van der Waals surface area contributed by atoms with Gasteiger partial charge >= 0.3 is 0 Å². The van der Waals surface area contributed by atoms with E-state index in [1.807, 2.05) is 24.6 Å². The summed E-state index contributed by atoms with van der Waals surface area (Å²) in [5, 5.41) is -0.372. The minimum Gasteiger partial charge on any atom is -0.330 e. The minimum atomic E-state index is -3.10. The highest BCUT2D eigenvalue weighted by molar-refractivity contribution is 9.10. The summed E-state index contributed by atoms with van der Waals surface area (Å²) in [4.78, 5) is 4.20. The highest BCUT2D eigenvalue weighted by atomic mass is 79.9. The molecule has 0 bridgehead atoms. The van der Waals surface area contributed by atoms with Gasteiger partial charge in [0.1, 0.15) is 16.2 Å². The van der Waals surface area contributed by atoms with Gasteiger partial charge in [0.15, 0.2) is 9.84 Å². The van der Waals surface area contributed by atoms with Crippen molar-refractivity contribution in [2.75, 3.05) is 0 Å². The molecule has 0 atom stereocenters. The van der Waals surface area contributed by atoms with E-state index in [1.165, 1.54) is 0 Å². The van der Waals surface area contributed by atoms with Gasteiger partial charge in [-0.15, -0.1) is 0 Å². The zero-order chi connectivity index (χ0) is 12.5. The maximum Gasteiger partial charge on any atom is 0.159 e. The van der Waals surface area contributed by atoms with E-state index in [0.29, 0.717) is 10.4 Å². The predicted octanol–water partition coefficient (Wildman–Crippen LogP) is 2.55. The predicted molar refractivity (Wildman–Crippen MR) is 68.1 cm³/mol. The Morgan fingerprint density at radius 3 is 2.38 bits per heavy atom. The Morgan fingerprint density at radius 2 is 1.94 bits per heavy atom. The zero-order valence-corrected chi connectivity index (χ0v) is 12.3. The number of aromatic nitrogens is 2. The number of sulfone groups is 1. The van der Waals surface area contributed by atoms with Crippen LogP contribution in [0.3, 0.4) is 0 Å². The van der Waals surface area contributed by atoms with Crippen LogP contribution < -0.4 is 0 Å². The molecule has 0 fully saturated rings. The molecule has 0 spiro atoms. The molecule has 0 aliphatic rings. The van der Waals surface area contributed by atoms with Gasteiger partial charge in [0, 0.05) is 12.2 Å². The molecule has 0 aromatic carbocycles. The first-order valence-electron chi connectivity index (χ1n) is 5.19. The number of hydrogen-bond donors (Lipinski definition) is 0. The standard InChI is InChI=1S/C10H17BrN2O2S/c1-7(2)13-5-9(11)12-10(13)6-16(14,15)8(3)4/h5,7-8H,6H2,1-4H3. The van der Waals surface area contributed by atoms with Gasteiger partial charge in [-0.25, -0.2) is 13.4 Å². The molecule has 0 aliphatic carbocycles. The zero-order valence-electron chi connectivity index (χ0n) is 9.94. The lowest BCUT2D eigenvalue weighted by molar-refractivity contribution is 0.562. The molecular weight excluding hydrogens is 292 g/mol. The molecule has 0 unspecified atom stereocenters. The molecule has 1 aromatic rings. The van der Waals surface area contributed by atoms with E-state index in [2.05, 4.69) is 20.9 Å². The number of nitrogens with zero attached hydrogens (tertiary/aromatic N) is 2. The van der Waals surface area contributed by atoms with Crippen LogP contribution in [0, 0.1) is 0 Å². The second-order valence-electron chi connectivity index (χ2n) is 4.34. The smallest absolute Gasteiger partial charge is 0.159 e. The van der Waals surface area contributed by atoms with Crippen molar-refractivity contribution in [2.24, 2.45) is 0 Å². The monoisotopic (exact) mass is 308 g/mol. The Morgan fingerprint density at radius 1 is 1.38 bits per heavy atom. The van der Waals surface area contributed by atoms with E-state index in [4.69, 9.17) is 0 Å². The summed E-state index contributed by atoms with van der Waals surface area (Å²) in [7, 11) is -3.10. The highest BCUT2D eigenvalue weighted by Crippen LogP contribution is 2.18. The van der Waals surface area contributed by atoms with Crippen molar-refractivity contribution in [3.8, 4) is 0 Å². The van der Waals surface area contributed by atoms with Crippen LogP contribution in [0.15, 0.2) is 10.8 Å². The van der Waals surface area contributed by atoms with E-state index < -0.39 is 9.84 Å². The fourth-order valence-corrected chi connectivity index (χ4v) is 2.63. The van der Waals surface area contributed by atoms with Crippen molar-refractivity contribution in [3.05, 3.63) is 16.6 Å². The lowest BCUT2D eigenvalue weighted by atomic mass is 10.4. The maximum absolute atomic E-state index is 11.8. The highest BCUT2D eigenvalue weighted by Gasteiger charge is 2.21. The normalized spacial score (nSPS) is 12.7.